The standard InChI is InChI=1S/C8H13N5O5/c9-11-7(17)6-10-2-13(12-6)8-5(16)4(15)3(1-14)18-8/h2-5,8,14-16H,1,9H2,(H,11,17)/t3-,4-,5-,8-/m1/s1. The van der Waals surface area contributed by atoms with E-state index in [1.54, 1.807) is 0 Å². The molecule has 1 aromatic heterocycles. The van der Waals surface area contributed by atoms with Gasteiger partial charge in [-0.05, 0) is 0 Å². The van der Waals surface area contributed by atoms with Crippen molar-refractivity contribution in [3.63, 3.8) is 0 Å². The van der Waals surface area contributed by atoms with Gasteiger partial charge in [0.15, 0.2) is 6.23 Å². The van der Waals surface area contributed by atoms with Crippen molar-refractivity contribution in [3.05, 3.63) is 12.2 Å². The Kier molecular flexibility index (Phi) is 3.54. The van der Waals surface area contributed by atoms with Gasteiger partial charge in [0, 0.05) is 0 Å². The van der Waals surface area contributed by atoms with Crippen LogP contribution in [-0.4, -0.2) is 60.9 Å². The number of hydrogen-bond acceptors (Lipinski definition) is 8. The molecule has 1 aliphatic rings. The summed E-state index contributed by atoms with van der Waals surface area (Å²) in [6, 6.07) is 0. The fourth-order valence-electron chi connectivity index (χ4n) is 1.66. The average molecular weight is 259 g/mol. The molecule has 1 saturated heterocycles. The molecule has 0 bridgehead atoms. The molecule has 0 aromatic carbocycles. The Hall–Kier alpha value is -1.59. The molecule has 2 heterocycles. The Labute approximate surface area is 101 Å². The number of hydrogen-bond donors (Lipinski definition) is 5. The number of nitrogens with one attached hydrogen (secondary N) is 1. The van der Waals surface area contributed by atoms with Crippen LogP contribution in [0.2, 0.25) is 0 Å². The van der Waals surface area contributed by atoms with Crippen molar-refractivity contribution in [1.82, 2.24) is 20.2 Å². The highest BCUT2D eigenvalue weighted by Crippen LogP contribution is 2.28. The molecule has 0 spiro atoms. The van der Waals surface area contributed by atoms with Gasteiger partial charge in [-0.2, -0.15) is 0 Å². The van der Waals surface area contributed by atoms with Crippen LogP contribution in [-0.2, 0) is 4.74 Å². The van der Waals surface area contributed by atoms with E-state index in [1.807, 2.05) is 5.43 Å². The van der Waals surface area contributed by atoms with E-state index < -0.39 is 37.1 Å². The summed E-state index contributed by atoms with van der Waals surface area (Å²) in [6.07, 6.45) is -3.30. The molecule has 4 atom stereocenters. The van der Waals surface area contributed by atoms with Crippen LogP contribution in [0.5, 0.6) is 0 Å². The predicted octanol–water partition coefficient (Wildman–Crippen LogP) is -3.51. The number of amides is 1. The Morgan fingerprint density at radius 1 is 1.56 bits per heavy atom. The number of aliphatic hydroxyl groups excluding tert-OH is 3. The molecule has 6 N–H and O–H groups in total. The van der Waals surface area contributed by atoms with E-state index in [-0.39, 0.29) is 5.82 Å². The third kappa shape index (κ3) is 2.07. The first-order chi connectivity index (χ1) is 8.58. The molecule has 2 rings (SSSR count). The van der Waals surface area contributed by atoms with Crippen molar-refractivity contribution < 1.29 is 24.9 Å². The maximum absolute atomic E-state index is 11.1. The third-order valence-electron chi connectivity index (χ3n) is 2.62. The first-order valence-electron chi connectivity index (χ1n) is 5.13. The van der Waals surface area contributed by atoms with Gasteiger partial charge >= 0.3 is 5.91 Å². The van der Waals surface area contributed by atoms with Crippen molar-refractivity contribution in [2.24, 2.45) is 5.84 Å². The zero-order valence-corrected chi connectivity index (χ0v) is 9.17. The number of hydrazine groups is 1. The number of nitrogens with zero attached hydrogens (tertiary/aromatic N) is 3. The number of carbonyl (C=O) groups is 1. The van der Waals surface area contributed by atoms with Crippen LogP contribution in [0.25, 0.3) is 0 Å². The van der Waals surface area contributed by atoms with Crippen LogP contribution in [0, 0.1) is 0 Å². The lowest BCUT2D eigenvalue weighted by Gasteiger charge is -2.13. The Morgan fingerprint density at radius 3 is 2.83 bits per heavy atom. The molecule has 0 radical (unpaired) electrons. The highest BCUT2D eigenvalue weighted by atomic mass is 16.6. The van der Waals surface area contributed by atoms with Crippen molar-refractivity contribution in [3.8, 4) is 0 Å². The lowest BCUT2D eigenvalue weighted by molar-refractivity contribution is -0.0588. The fourth-order valence-corrected chi connectivity index (χ4v) is 1.66. The number of carbonyl (C=O) groups excluding carboxylic acids is 1. The molecule has 0 aliphatic carbocycles. The van der Waals surface area contributed by atoms with Gasteiger partial charge in [0.1, 0.15) is 24.6 Å². The zero-order chi connectivity index (χ0) is 13.3. The largest absolute Gasteiger partial charge is 0.394 e. The minimum atomic E-state index is -1.28. The van der Waals surface area contributed by atoms with E-state index in [9.17, 15) is 15.0 Å². The van der Waals surface area contributed by atoms with E-state index in [0.29, 0.717) is 0 Å². The van der Waals surface area contributed by atoms with E-state index in [2.05, 4.69) is 10.1 Å². The molecular formula is C8H13N5O5. The minimum Gasteiger partial charge on any atom is -0.394 e. The lowest BCUT2D eigenvalue weighted by atomic mass is 10.1. The normalized spacial score (nSPS) is 31.6. The number of aliphatic hydroxyl groups is 3. The summed E-state index contributed by atoms with van der Waals surface area (Å²) >= 11 is 0. The van der Waals surface area contributed by atoms with Gasteiger partial charge in [-0.15, -0.1) is 5.10 Å². The molecule has 1 amide bonds. The van der Waals surface area contributed by atoms with Gasteiger partial charge in [-0.25, -0.2) is 15.5 Å². The topological polar surface area (TPSA) is 156 Å². The summed E-state index contributed by atoms with van der Waals surface area (Å²) in [7, 11) is 0. The molecule has 1 aromatic rings. The second-order valence-corrected chi connectivity index (χ2v) is 3.75. The smallest absolute Gasteiger partial charge is 0.304 e. The van der Waals surface area contributed by atoms with Crippen molar-refractivity contribution >= 4 is 5.91 Å². The Bertz CT molecular complexity index is 437. The number of nitrogens with two attached hydrogens (primary N) is 1. The first kappa shape index (κ1) is 12.9. The van der Waals surface area contributed by atoms with E-state index in [0.717, 1.165) is 11.0 Å². The molecule has 0 saturated carbocycles. The average Bonchev–Trinajstić information content (AvgIpc) is 2.96. The summed E-state index contributed by atoms with van der Waals surface area (Å²) < 4.78 is 6.27. The second-order valence-electron chi connectivity index (χ2n) is 3.75. The summed E-state index contributed by atoms with van der Waals surface area (Å²) in [5, 5.41) is 32.0. The lowest BCUT2D eigenvalue weighted by Crippen LogP contribution is -2.33. The summed E-state index contributed by atoms with van der Waals surface area (Å²) in [5.74, 6) is 4.02. The molecule has 10 heteroatoms. The van der Waals surface area contributed by atoms with Crippen LogP contribution in [0.15, 0.2) is 6.33 Å². The van der Waals surface area contributed by atoms with Crippen LogP contribution in [0.1, 0.15) is 16.8 Å². The second kappa shape index (κ2) is 4.96. The molecule has 0 unspecified atom stereocenters. The van der Waals surface area contributed by atoms with E-state index in [4.69, 9.17) is 15.7 Å². The van der Waals surface area contributed by atoms with Crippen molar-refractivity contribution in [2.75, 3.05) is 6.61 Å². The molecule has 10 nitrogen and oxygen atoms in total. The van der Waals surface area contributed by atoms with Gasteiger partial charge in [0.25, 0.3) is 0 Å². The third-order valence-corrected chi connectivity index (χ3v) is 2.62. The number of nitrogen functional groups attached to an aromatic ring is 1. The maximum atomic E-state index is 11.1. The SMILES string of the molecule is NNC(=O)c1ncn([C@@H]2O[C@H](CO)[C@@H](O)[C@H]2O)n1. The van der Waals surface area contributed by atoms with Crippen LogP contribution in [0.3, 0.4) is 0 Å². The van der Waals surface area contributed by atoms with Gasteiger partial charge in [-0.3, -0.25) is 10.2 Å². The van der Waals surface area contributed by atoms with Crippen LogP contribution < -0.4 is 11.3 Å². The van der Waals surface area contributed by atoms with Crippen molar-refractivity contribution in [2.45, 2.75) is 24.5 Å². The molecular weight excluding hydrogens is 246 g/mol. The van der Waals surface area contributed by atoms with Crippen molar-refractivity contribution in [1.29, 1.82) is 0 Å². The van der Waals surface area contributed by atoms with Gasteiger partial charge in [0.05, 0.1) is 6.61 Å². The molecule has 1 fully saturated rings. The monoisotopic (exact) mass is 259 g/mol. The number of aromatic nitrogens is 3. The summed E-state index contributed by atoms with van der Waals surface area (Å²) in [6.45, 7) is -0.445. The Balaban J connectivity index is 2.17. The zero-order valence-electron chi connectivity index (χ0n) is 9.17. The minimum absolute atomic E-state index is 0.199. The quantitative estimate of drug-likeness (QED) is 0.212. The van der Waals surface area contributed by atoms with Gasteiger partial charge < -0.3 is 20.1 Å². The maximum Gasteiger partial charge on any atom is 0.304 e. The summed E-state index contributed by atoms with van der Waals surface area (Å²) in [5.41, 5.74) is 1.86. The fraction of sp³-hybridized carbons (Fsp3) is 0.625. The first-order valence-corrected chi connectivity index (χ1v) is 5.13. The molecule has 1 aliphatic heterocycles. The number of ether oxygens (including phenoxy) is 1. The molecule has 100 valence electrons. The van der Waals surface area contributed by atoms with Gasteiger partial charge in [0.2, 0.25) is 5.82 Å². The Morgan fingerprint density at radius 2 is 2.28 bits per heavy atom. The summed E-state index contributed by atoms with van der Waals surface area (Å²) in [4.78, 5) is 14.8. The highest BCUT2D eigenvalue weighted by molar-refractivity contribution is 5.89. The van der Waals surface area contributed by atoms with E-state index in [1.165, 1.54) is 0 Å². The van der Waals surface area contributed by atoms with E-state index >= 15 is 0 Å². The predicted molar refractivity (Wildman–Crippen MR) is 54.7 cm³/mol. The number of rotatable bonds is 3. The van der Waals surface area contributed by atoms with Crippen LogP contribution >= 0.6 is 0 Å². The molecule has 18 heavy (non-hydrogen) atoms. The highest BCUT2D eigenvalue weighted by Gasteiger charge is 2.44. The van der Waals surface area contributed by atoms with Crippen LogP contribution in [0.4, 0.5) is 0 Å². The van der Waals surface area contributed by atoms with Gasteiger partial charge in [-0.1, -0.05) is 0 Å².